The van der Waals surface area contributed by atoms with Crippen LogP contribution in [0, 0.1) is 0 Å². The summed E-state index contributed by atoms with van der Waals surface area (Å²) in [6.07, 6.45) is 3.60. The molecule has 0 radical (unpaired) electrons. The molecular weight excluding hydrogens is 164 g/mol. The Balaban J connectivity index is 2.93. The van der Waals surface area contributed by atoms with Gasteiger partial charge in [-0.15, -0.1) is 0 Å². The lowest BCUT2D eigenvalue weighted by molar-refractivity contribution is 0.0923. The summed E-state index contributed by atoms with van der Waals surface area (Å²) in [7, 11) is 0. The van der Waals surface area contributed by atoms with Gasteiger partial charge in [0.15, 0.2) is 0 Å². The molecule has 3 nitrogen and oxygen atoms in total. The highest BCUT2D eigenvalue weighted by molar-refractivity contribution is 5.80. The zero-order chi connectivity index (χ0) is 10.1. The van der Waals surface area contributed by atoms with Gasteiger partial charge in [-0.25, -0.2) is 0 Å². The van der Waals surface area contributed by atoms with Crippen LogP contribution in [-0.2, 0) is 5.41 Å². The highest BCUT2D eigenvalue weighted by Crippen LogP contribution is 2.21. The van der Waals surface area contributed by atoms with Crippen molar-refractivity contribution in [2.75, 3.05) is 6.54 Å². The molecule has 3 heteroatoms. The molecule has 0 spiro atoms. The number of hydrogen-bond donors (Lipinski definition) is 1. The van der Waals surface area contributed by atoms with Gasteiger partial charge in [-0.1, -0.05) is 20.8 Å². The number of aromatic nitrogens is 1. The van der Waals surface area contributed by atoms with Gasteiger partial charge in [-0.3, -0.25) is 9.36 Å². The van der Waals surface area contributed by atoms with E-state index in [2.05, 4.69) is 20.8 Å². The van der Waals surface area contributed by atoms with E-state index < -0.39 is 0 Å². The molecule has 1 heterocycles. The fourth-order valence-electron chi connectivity index (χ4n) is 1.10. The standard InChI is InChI=1S/C10H16N2O/c1-10(2,3)8-4-5-12(7-8)9(13)6-11/h4-5,7H,6,11H2,1-3H3. The van der Waals surface area contributed by atoms with Gasteiger partial charge in [0.25, 0.3) is 0 Å². The smallest absolute Gasteiger partial charge is 0.244 e. The molecule has 0 bridgehead atoms. The summed E-state index contributed by atoms with van der Waals surface area (Å²) in [4.78, 5) is 11.2. The Morgan fingerprint density at radius 1 is 1.54 bits per heavy atom. The van der Waals surface area contributed by atoms with Crippen molar-refractivity contribution in [1.29, 1.82) is 0 Å². The quantitative estimate of drug-likeness (QED) is 0.709. The van der Waals surface area contributed by atoms with E-state index in [0.717, 1.165) is 5.56 Å². The molecule has 1 aromatic rings. The van der Waals surface area contributed by atoms with E-state index in [1.807, 2.05) is 12.3 Å². The second kappa shape index (κ2) is 3.34. The van der Waals surface area contributed by atoms with Gasteiger partial charge in [0, 0.05) is 12.4 Å². The number of nitrogens with zero attached hydrogens (tertiary/aromatic N) is 1. The van der Waals surface area contributed by atoms with E-state index >= 15 is 0 Å². The highest BCUT2D eigenvalue weighted by atomic mass is 16.2. The molecule has 72 valence electrons. The number of hydrogen-bond acceptors (Lipinski definition) is 2. The number of carbonyl (C=O) groups excluding carboxylic acids is 1. The third kappa shape index (κ3) is 2.18. The largest absolute Gasteiger partial charge is 0.322 e. The van der Waals surface area contributed by atoms with Crippen LogP contribution in [0.3, 0.4) is 0 Å². The molecule has 0 aliphatic carbocycles. The zero-order valence-electron chi connectivity index (χ0n) is 8.37. The second-order valence-corrected chi connectivity index (χ2v) is 4.16. The molecule has 0 aliphatic rings. The van der Waals surface area contributed by atoms with E-state index in [0.29, 0.717) is 0 Å². The maximum atomic E-state index is 11.2. The molecule has 0 fully saturated rings. The molecule has 1 aromatic heterocycles. The van der Waals surface area contributed by atoms with Crippen LogP contribution in [0.2, 0.25) is 0 Å². The minimum atomic E-state index is -0.0736. The van der Waals surface area contributed by atoms with Crippen LogP contribution in [0.15, 0.2) is 18.5 Å². The van der Waals surface area contributed by atoms with E-state index in [4.69, 9.17) is 5.73 Å². The molecule has 0 aliphatic heterocycles. The monoisotopic (exact) mass is 180 g/mol. The average molecular weight is 180 g/mol. The molecule has 0 amide bonds. The summed E-state index contributed by atoms with van der Waals surface area (Å²) >= 11 is 0. The Morgan fingerprint density at radius 2 is 2.15 bits per heavy atom. The average Bonchev–Trinajstić information content (AvgIpc) is 2.50. The van der Waals surface area contributed by atoms with E-state index in [1.54, 1.807) is 10.8 Å². The van der Waals surface area contributed by atoms with Gasteiger partial charge >= 0.3 is 0 Å². The summed E-state index contributed by atoms with van der Waals surface area (Å²) in [5, 5.41) is 0. The van der Waals surface area contributed by atoms with Crippen molar-refractivity contribution < 1.29 is 4.79 Å². The Hall–Kier alpha value is -1.09. The number of rotatable bonds is 1. The lowest BCUT2D eigenvalue weighted by Crippen LogP contribution is -2.20. The first-order valence-corrected chi connectivity index (χ1v) is 4.37. The molecule has 0 atom stereocenters. The Labute approximate surface area is 78.5 Å². The van der Waals surface area contributed by atoms with E-state index in [1.165, 1.54) is 0 Å². The van der Waals surface area contributed by atoms with Crippen LogP contribution in [0.25, 0.3) is 0 Å². The predicted molar refractivity (Wildman–Crippen MR) is 52.8 cm³/mol. The van der Waals surface area contributed by atoms with Crippen molar-refractivity contribution in [2.24, 2.45) is 5.73 Å². The van der Waals surface area contributed by atoms with Crippen molar-refractivity contribution in [3.8, 4) is 0 Å². The molecule has 0 unspecified atom stereocenters. The summed E-state index contributed by atoms with van der Waals surface area (Å²) in [5.74, 6) is -0.0736. The van der Waals surface area contributed by atoms with E-state index in [9.17, 15) is 4.79 Å². The van der Waals surface area contributed by atoms with Crippen molar-refractivity contribution in [3.63, 3.8) is 0 Å². The maximum absolute atomic E-state index is 11.2. The zero-order valence-corrected chi connectivity index (χ0v) is 8.37. The first kappa shape index (κ1) is 9.99. The van der Waals surface area contributed by atoms with Gasteiger partial charge in [0.1, 0.15) is 0 Å². The van der Waals surface area contributed by atoms with Crippen molar-refractivity contribution in [2.45, 2.75) is 26.2 Å². The molecular formula is C10H16N2O. The van der Waals surface area contributed by atoms with Gasteiger partial charge in [-0.05, 0) is 17.0 Å². The molecule has 2 N–H and O–H groups in total. The van der Waals surface area contributed by atoms with Crippen LogP contribution in [0.4, 0.5) is 0 Å². The van der Waals surface area contributed by atoms with E-state index in [-0.39, 0.29) is 17.9 Å². The van der Waals surface area contributed by atoms with Gasteiger partial charge in [0.2, 0.25) is 5.91 Å². The van der Waals surface area contributed by atoms with Crippen LogP contribution >= 0.6 is 0 Å². The normalized spacial score (nSPS) is 11.7. The van der Waals surface area contributed by atoms with Gasteiger partial charge in [-0.2, -0.15) is 0 Å². The van der Waals surface area contributed by atoms with Crippen molar-refractivity contribution in [1.82, 2.24) is 4.57 Å². The summed E-state index contributed by atoms with van der Waals surface area (Å²) < 4.78 is 1.54. The summed E-state index contributed by atoms with van der Waals surface area (Å²) in [6.45, 7) is 6.39. The number of carbonyl (C=O) groups is 1. The lowest BCUT2D eigenvalue weighted by Gasteiger charge is -2.15. The number of nitrogens with two attached hydrogens (primary N) is 1. The minimum Gasteiger partial charge on any atom is -0.322 e. The Kier molecular flexibility index (Phi) is 2.57. The van der Waals surface area contributed by atoms with Gasteiger partial charge < -0.3 is 5.73 Å². The SMILES string of the molecule is CC(C)(C)c1ccn(C(=O)CN)c1. The molecule has 1 rings (SSSR count). The first-order valence-electron chi connectivity index (χ1n) is 4.37. The summed E-state index contributed by atoms with van der Waals surface area (Å²) in [6, 6.07) is 1.95. The first-order chi connectivity index (χ1) is 5.95. The fourth-order valence-corrected chi connectivity index (χ4v) is 1.10. The van der Waals surface area contributed by atoms with Crippen LogP contribution < -0.4 is 5.73 Å². The Bertz CT molecular complexity index is 307. The third-order valence-electron chi connectivity index (χ3n) is 2.02. The fraction of sp³-hybridized carbons (Fsp3) is 0.500. The van der Waals surface area contributed by atoms with Crippen molar-refractivity contribution >= 4 is 5.91 Å². The topological polar surface area (TPSA) is 48.0 Å². The van der Waals surface area contributed by atoms with Gasteiger partial charge in [0.05, 0.1) is 6.54 Å². The summed E-state index contributed by atoms with van der Waals surface area (Å²) in [5.41, 5.74) is 6.48. The molecule has 0 aromatic carbocycles. The molecule has 13 heavy (non-hydrogen) atoms. The lowest BCUT2D eigenvalue weighted by atomic mass is 9.89. The Morgan fingerprint density at radius 3 is 2.54 bits per heavy atom. The van der Waals surface area contributed by atoms with Crippen LogP contribution in [-0.4, -0.2) is 17.0 Å². The van der Waals surface area contributed by atoms with Crippen LogP contribution in [0.1, 0.15) is 31.1 Å². The van der Waals surface area contributed by atoms with Crippen molar-refractivity contribution in [3.05, 3.63) is 24.0 Å². The maximum Gasteiger partial charge on any atom is 0.244 e. The van der Waals surface area contributed by atoms with Crippen LogP contribution in [0.5, 0.6) is 0 Å². The highest BCUT2D eigenvalue weighted by Gasteiger charge is 2.15. The second-order valence-electron chi connectivity index (χ2n) is 4.16. The minimum absolute atomic E-state index is 0.0538. The predicted octanol–water partition coefficient (Wildman–Crippen LogP) is 1.38. The third-order valence-corrected chi connectivity index (χ3v) is 2.02. The molecule has 0 saturated heterocycles. The molecule has 0 saturated carbocycles.